The fourth-order valence-corrected chi connectivity index (χ4v) is 3.47. The maximum Gasteiger partial charge on any atom is 0.264 e. The van der Waals surface area contributed by atoms with Gasteiger partial charge in [-0.3, -0.25) is 4.79 Å². The van der Waals surface area contributed by atoms with Crippen LogP contribution in [0.15, 0.2) is 52.9 Å². The Bertz CT molecular complexity index is 1040. The summed E-state index contributed by atoms with van der Waals surface area (Å²) in [5.74, 6) is -0.237. The maximum absolute atomic E-state index is 12.3. The van der Waals surface area contributed by atoms with Crippen LogP contribution in [0, 0.1) is 11.3 Å². The molecule has 0 unspecified atom stereocenters. The zero-order chi connectivity index (χ0) is 18.0. The van der Waals surface area contributed by atoms with Gasteiger partial charge in [-0.05, 0) is 42.5 Å². The highest BCUT2D eigenvalue weighted by molar-refractivity contribution is 7.90. The Labute approximate surface area is 149 Å². The lowest BCUT2D eigenvalue weighted by Crippen LogP contribution is -2.33. The van der Waals surface area contributed by atoms with Gasteiger partial charge in [-0.15, -0.1) is 0 Å². The van der Waals surface area contributed by atoms with Gasteiger partial charge in [-0.2, -0.15) is 5.26 Å². The first-order valence-corrected chi connectivity index (χ1v) is 8.95. The van der Waals surface area contributed by atoms with Gasteiger partial charge in [-0.1, -0.05) is 17.7 Å². The van der Waals surface area contributed by atoms with Gasteiger partial charge in [0.15, 0.2) is 0 Å². The normalized spacial score (nSPS) is 13.0. The number of hydrogen-bond acceptors (Lipinski definition) is 5. The van der Waals surface area contributed by atoms with Crippen molar-refractivity contribution in [3.63, 3.8) is 0 Å². The lowest BCUT2D eigenvalue weighted by atomic mass is 10.1. The molecule has 2 aromatic rings. The fourth-order valence-electron chi connectivity index (χ4n) is 2.26. The van der Waals surface area contributed by atoms with E-state index in [0.717, 1.165) is 0 Å². The van der Waals surface area contributed by atoms with Crippen molar-refractivity contribution in [2.75, 3.05) is 6.61 Å². The fraction of sp³-hybridized carbons (Fsp3) is 0.0588. The van der Waals surface area contributed by atoms with Gasteiger partial charge in [0.2, 0.25) is 0 Å². The summed E-state index contributed by atoms with van der Waals surface area (Å²) in [5.41, 5.74) is 0.918. The van der Waals surface area contributed by atoms with E-state index in [4.69, 9.17) is 21.6 Å². The number of halogens is 1. The van der Waals surface area contributed by atoms with Crippen molar-refractivity contribution in [1.29, 1.82) is 5.26 Å². The van der Waals surface area contributed by atoms with Crippen LogP contribution in [0.5, 0.6) is 5.75 Å². The SMILES string of the molecule is N#Cc1cccc(S(=O)(=O)NC(=O)C2=Cc3cc(Cl)ccc3OC2)c1. The Morgan fingerprint density at radius 3 is 2.80 bits per heavy atom. The summed E-state index contributed by atoms with van der Waals surface area (Å²) in [7, 11) is -4.10. The first-order valence-electron chi connectivity index (χ1n) is 7.09. The van der Waals surface area contributed by atoms with E-state index in [2.05, 4.69) is 0 Å². The second-order valence-electron chi connectivity index (χ2n) is 5.21. The second-order valence-corrected chi connectivity index (χ2v) is 7.33. The van der Waals surface area contributed by atoms with Crippen LogP contribution >= 0.6 is 11.6 Å². The molecule has 0 spiro atoms. The molecule has 1 aliphatic heterocycles. The number of carbonyl (C=O) groups is 1. The first-order chi connectivity index (χ1) is 11.9. The molecule has 0 atom stereocenters. The molecule has 0 radical (unpaired) electrons. The molecular weight excluding hydrogens is 364 g/mol. The van der Waals surface area contributed by atoms with Gasteiger partial charge in [0.1, 0.15) is 12.4 Å². The standard InChI is InChI=1S/C17H11ClN2O4S/c18-14-4-5-16-12(8-14)7-13(10-24-16)17(21)20-25(22,23)15-3-1-2-11(6-15)9-19/h1-8H,10H2,(H,20,21). The maximum atomic E-state index is 12.3. The summed E-state index contributed by atoms with van der Waals surface area (Å²) in [6, 6.07) is 12.2. The number of nitrogens with one attached hydrogen (secondary N) is 1. The third-order valence-electron chi connectivity index (χ3n) is 3.48. The molecule has 0 aromatic heterocycles. The van der Waals surface area contributed by atoms with Gasteiger partial charge >= 0.3 is 0 Å². The molecule has 1 amide bonds. The largest absolute Gasteiger partial charge is 0.488 e. The summed E-state index contributed by atoms with van der Waals surface area (Å²) in [6.07, 6.45) is 1.53. The van der Waals surface area contributed by atoms with E-state index in [1.165, 1.54) is 30.3 Å². The molecule has 8 heteroatoms. The molecular formula is C17H11ClN2O4S. The lowest BCUT2D eigenvalue weighted by Gasteiger charge is -2.17. The summed E-state index contributed by atoms with van der Waals surface area (Å²) in [6.45, 7) is -0.0613. The number of nitrogens with zero attached hydrogens (tertiary/aromatic N) is 1. The zero-order valence-corrected chi connectivity index (χ0v) is 14.3. The molecule has 25 heavy (non-hydrogen) atoms. The van der Waals surface area contributed by atoms with E-state index < -0.39 is 15.9 Å². The predicted octanol–water partition coefficient (Wildman–Crippen LogP) is 2.49. The number of fused-ring (bicyclic) bond motifs is 1. The zero-order valence-electron chi connectivity index (χ0n) is 12.7. The van der Waals surface area contributed by atoms with Gasteiger partial charge in [-0.25, -0.2) is 13.1 Å². The molecule has 3 rings (SSSR count). The van der Waals surface area contributed by atoms with Crippen molar-refractivity contribution < 1.29 is 17.9 Å². The van der Waals surface area contributed by atoms with E-state index in [-0.39, 0.29) is 22.6 Å². The van der Waals surface area contributed by atoms with Crippen LogP contribution in [0.25, 0.3) is 6.08 Å². The first kappa shape index (κ1) is 17.0. The molecule has 0 fully saturated rings. The minimum atomic E-state index is -4.10. The topological polar surface area (TPSA) is 96.3 Å². The number of rotatable bonds is 3. The molecule has 0 saturated carbocycles. The van der Waals surface area contributed by atoms with Crippen LogP contribution in [-0.2, 0) is 14.8 Å². The van der Waals surface area contributed by atoms with Crippen molar-refractivity contribution in [2.24, 2.45) is 0 Å². The summed E-state index contributed by atoms with van der Waals surface area (Å²) < 4.78 is 32.1. The highest BCUT2D eigenvalue weighted by Gasteiger charge is 2.23. The Balaban J connectivity index is 1.86. The Kier molecular flexibility index (Phi) is 4.49. The minimum absolute atomic E-state index is 0.0613. The number of hydrogen-bond donors (Lipinski definition) is 1. The van der Waals surface area contributed by atoms with E-state index in [1.807, 2.05) is 10.8 Å². The van der Waals surface area contributed by atoms with Crippen molar-refractivity contribution in [1.82, 2.24) is 4.72 Å². The number of carbonyl (C=O) groups excluding carboxylic acids is 1. The number of benzene rings is 2. The summed E-state index contributed by atoms with van der Waals surface area (Å²) >= 11 is 5.91. The van der Waals surface area contributed by atoms with E-state index in [1.54, 1.807) is 18.2 Å². The number of amides is 1. The van der Waals surface area contributed by atoms with Crippen LogP contribution < -0.4 is 9.46 Å². The van der Waals surface area contributed by atoms with Crippen LogP contribution in [0.3, 0.4) is 0 Å². The summed E-state index contributed by atoms with van der Waals surface area (Å²) in [4.78, 5) is 12.1. The predicted molar refractivity (Wildman–Crippen MR) is 91.4 cm³/mol. The van der Waals surface area contributed by atoms with Crippen LogP contribution in [-0.4, -0.2) is 20.9 Å². The highest BCUT2D eigenvalue weighted by atomic mass is 35.5. The molecule has 0 bridgehead atoms. The molecule has 1 heterocycles. The van der Waals surface area contributed by atoms with Gasteiger partial charge in [0, 0.05) is 10.6 Å². The Hall–Kier alpha value is -2.82. The van der Waals surface area contributed by atoms with E-state index >= 15 is 0 Å². The Morgan fingerprint density at radius 1 is 1.24 bits per heavy atom. The molecule has 1 aliphatic rings. The molecule has 1 N–H and O–H groups in total. The summed E-state index contributed by atoms with van der Waals surface area (Å²) in [5, 5.41) is 9.33. The minimum Gasteiger partial charge on any atom is -0.488 e. The van der Waals surface area contributed by atoms with Gasteiger partial charge < -0.3 is 4.74 Å². The molecule has 0 saturated heterocycles. The van der Waals surface area contributed by atoms with Crippen molar-refractivity contribution in [2.45, 2.75) is 4.90 Å². The van der Waals surface area contributed by atoms with Crippen LogP contribution in [0.1, 0.15) is 11.1 Å². The van der Waals surface area contributed by atoms with Gasteiger partial charge in [0.05, 0.1) is 22.1 Å². The van der Waals surface area contributed by atoms with E-state index in [9.17, 15) is 13.2 Å². The lowest BCUT2D eigenvalue weighted by molar-refractivity contribution is -0.116. The molecule has 126 valence electrons. The average Bonchev–Trinajstić information content (AvgIpc) is 2.60. The highest BCUT2D eigenvalue weighted by Crippen LogP contribution is 2.29. The quantitative estimate of drug-likeness (QED) is 0.890. The average molecular weight is 375 g/mol. The van der Waals surface area contributed by atoms with Crippen LogP contribution in [0.2, 0.25) is 5.02 Å². The van der Waals surface area contributed by atoms with Crippen LogP contribution in [0.4, 0.5) is 0 Å². The van der Waals surface area contributed by atoms with Crippen molar-refractivity contribution >= 4 is 33.6 Å². The third-order valence-corrected chi connectivity index (χ3v) is 5.04. The number of sulfonamides is 1. The number of ether oxygens (including phenoxy) is 1. The van der Waals surface area contributed by atoms with Gasteiger partial charge in [0.25, 0.3) is 15.9 Å². The van der Waals surface area contributed by atoms with E-state index in [0.29, 0.717) is 16.3 Å². The smallest absolute Gasteiger partial charge is 0.264 e. The van der Waals surface area contributed by atoms with Crippen molar-refractivity contribution in [3.8, 4) is 11.8 Å². The number of nitriles is 1. The second kappa shape index (κ2) is 6.59. The molecule has 0 aliphatic carbocycles. The third kappa shape index (κ3) is 3.65. The Morgan fingerprint density at radius 2 is 2.04 bits per heavy atom. The molecule has 6 nitrogen and oxygen atoms in total. The molecule has 2 aromatic carbocycles. The monoisotopic (exact) mass is 374 g/mol. The van der Waals surface area contributed by atoms with Crippen molar-refractivity contribution in [3.05, 3.63) is 64.2 Å².